The third-order valence-electron chi connectivity index (χ3n) is 3.10. The standard InChI is InChI=1S/C11H16N6O/c1-8-9(7-13-18-8)10-14-11(16-15-10)17-5-2-3-12-4-6-17/h7,12H,2-6H2,1H3,(H,14,15,16). The summed E-state index contributed by atoms with van der Waals surface area (Å²) in [5.41, 5.74) is 0.863. The Balaban J connectivity index is 1.82. The van der Waals surface area contributed by atoms with E-state index < -0.39 is 0 Å². The van der Waals surface area contributed by atoms with Gasteiger partial charge in [-0.3, -0.25) is 5.10 Å². The van der Waals surface area contributed by atoms with Crippen LogP contribution in [0.2, 0.25) is 0 Å². The van der Waals surface area contributed by atoms with Crippen LogP contribution in [0, 0.1) is 6.92 Å². The predicted octanol–water partition coefficient (Wildman–Crippen LogP) is 0.568. The van der Waals surface area contributed by atoms with Gasteiger partial charge in [-0.2, -0.15) is 4.98 Å². The summed E-state index contributed by atoms with van der Waals surface area (Å²) in [4.78, 5) is 6.69. The van der Waals surface area contributed by atoms with E-state index in [0.29, 0.717) is 5.82 Å². The van der Waals surface area contributed by atoms with Gasteiger partial charge in [0.2, 0.25) is 5.95 Å². The maximum atomic E-state index is 5.03. The van der Waals surface area contributed by atoms with Crippen molar-refractivity contribution in [3.63, 3.8) is 0 Å². The Morgan fingerprint density at radius 1 is 1.33 bits per heavy atom. The molecule has 0 aromatic carbocycles. The summed E-state index contributed by atoms with van der Waals surface area (Å²) >= 11 is 0. The smallest absolute Gasteiger partial charge is 0.245 e. The summed E-state index contributed by atoms with van der Waals surface area (Å²) in [7, 11) is 0. The zero-order valence-electron chi connectivity index (χ0n) is 10.3. The molecule has 0 amide bonds. The number of aromatic amines is 1. The lowest BCUT2D eigenvalue weighted by molar-refractivity contribution is 0.398. The molecule has 1 fully saturated rings. The van der Waals surface area contributed by atoms with Crippen LogP contribution in [0.5, 0.6) is 0 Å². The van der Waals surface area contributed by atoms with Crippen molar-refractivity contribution in [2.45, 2.75) is 13.3 Å². The number of H-pyrrole nitrogens is 1. The van der Waals surface area contributed by atoms with Gasteiger partial charge < -0.3 is 14.7 Å². The van der Waals surface area contributed by atoms with Crippen LogP contribution < -0.4 is 10.2 Å². The first-order valence-corrected chi connectivity index (χ1v) is 6.14. The number of hydrogen-bond acceptors (Lipinski definition) is 6. The van der Waals surface area contributed by atoms with E-state index in [1.807, 2.05) is 6.92 Å². The molecule has 3 rings (SSSR count). The summed E-state index contributed by atoms with van der Waals surface area (Å²) in [5.74, 6) is 2.20. The maximum Gasteiger partial charge on any atom is 0.245 e. The van der Waals surface area contributed by atoms with Gasteiger partial charge >= 0.3 is 0 Å². The molecule has 0 spiro atoms. The van der Waals surface area contributed by atoms with Gasteiger partial charge in [0.15, 0.2) is 5.82 Å². The van der Waals surface area contributed by atoms with Crippen LogP contribution >= 0.6 is 0 Å². The molecular formula is C11H16N6O. The van der Waals surface area contributed by atoms with Crippen molar-refractivity contribution in [1.29, 1.82) is 0 Å². The Hall–Kier alpha value is -1.89. The second kappa shape index (κ2) is 4.77. The van der Waals surface area contributed by atoms with E-state index in [0.717, 1.165) is 49.9 Å². The highest BCUT2D eigenvalue weighted by Crippen LogP contribution is 2.20. The second-order valence-corrected chi connectivity index (χ2v) is 4.37. The SMILES string of the molecule is Cc1oncc1-c1nc(N2CCCNCC2)n[nH]1. The number of aromatic nitrogens is 4. The molecular weight excluding hydrogens is 232 g/mol. The highest BCUT2D eigenvalue weighted by Gasteiger charge is 2.16. The van der Waals surface area contributed by atoms with Crippen LogP contribution in [0.15, 0.2) is 10.7 Å². The Kier molecular flexibility index (Phi) is 2.97. The van der Waals surface area contributed by atoms with Crippen LogP contribution in [-0.4, -0.2) is 46.5 Å². The largest absolute Gasteiger partial charge is 0.361 e. The number of aryl methyl sites for hydroxylation is 1. The summed E-state index contributed by atoms with van der Waals surface area (Å²) in [6, 6.07) is 0. The fraction of sp³-hybridized carbons (Fsp3) is 0.545. The highest BCUT2D eigenvalue weighted by molar-refractivity contribution is 5.57. The van der Waals surface area contributed by atoms with Crippen LogP contribution in [0.1, 0.15) is 12.2 Å². The molecule has 0 aliphatic carbocycles. The van der Waals surface area contributed by atoms with Gasteiger partial charge in [-0.05, 0) is 19.9 Å². The van der Waals surface area contributed by atoms with Gasteiger partial charge in [0.25, 0.3) is 0 Å². The summed E-state index contributed by atoms with van der Waals surface area (Å²) in [6.07, 6.45) is 2.76. The third kappa shape index (κ3) is 2.08. The minimum atomic E-state index is 0.709. The Labute approximate surface area is 105 Å². The van der Waals surface area contributed by atoms with E-state index in [2.05, 4.69) is 30.6 Å². The van der Waals surface area contributed by atoms with Crippen molar-refractivity contribution in [2.24, 2.45) is 0 Å². The molecule has 1 saturated heterocycles. The molecule has 18 heavy (non-hydrogen) atoms. The number of rotatable bonds is 2. The zero-order chi connectivity index (χ0) is 12.4. The Morgan fingerprint density at radius 2 is 2.28 bits per heavy atom. The molecule has 0 radical (unpaired) electrons. The van der Waals surface area contributed by atoms with Crippen molar-refractivity contribution < 1.29 is 4.52 Å². The highest BCUT2D eigenvalue weighted by atomic mass is 16.5. The number of anilines is 1. The topological polar surface area (TPSA) is 82.9 Å². The van der Waals surface area contributed by atoms with Crippen molar-refractivity contribution in [1.82, 2.24) is 25.7 Å². The third-order valence-corrected chi connectivity index (χ3v) is 3.10. The van der Waals surface area contributed by atoms with Gasteiger partial charge in [0.05, 0.1) is 11.8 Å². The van der Waals surface area contributed by atoms with Crippen molar-refractivity contribution in [3.05, 3.63) is 12.0 Å². The first kappa shape index (κ1) is 11.2. The van der Waals surface area contributed by atoms with E-state index in [1.54, 1.807) is 6.20 Å². The average molecular weight is 248 g/mol. The van der Waals surface area contributed by atoms with E-state index >= 15 is 0 Å². The second-order valence-electron chi connectivity index (χ2n) is 4.37. The molecule has 3 heterocycles. The number of hydrogen-bond donors (Lipinski definition) is 2. The number of nitrogens with zero attached hydrogens (tertiary/aromatic N) is 4. The van der Waals surface area contributed by atoms with E-state index in [-0.39, 0.29) is 0 Å². The van der Waals surface area contributed by atoms with E-state index in [4.69, 9.17) is 4.52 Å². The molecule has 2 aromatic heterocycles. The lowest BCUT2D eigenvalue weighted by Gasteiger charge is -2.16. The van der Waals surface area contributed by atoms with Crippen LogP contribution in [0.25, 0.3) is 11.4 Å². The van der Waals surface area contributed by atoms with Gasteiger partial charge in [-0.25, -0.2) is 0 Å². The zero-order valence-corrected chi connectivity index (χ0v) is 10.3. The lowest BCUT2D eigenvalue weighted by atomic mass is 10.3. The molecule has 2 N–H and O–H groups in total. The van der Waals surface area contributed by atoms with Gasteiger partial charge in [0, 0.05) is 19.6 Å². The predicted molar refractivity (Wildman–Crippen MR) is 66.3 cm³/mol. The van der Waals surface area contributed by atoms with Gasteiger partial charge in [-0.1, -0.05) is 5.16 Å². The lowest BCUT2D eigenvalue weighted by Crippen LogP contribution is -2.28. The summed E-state index contributed by atoms with van der Waals surface area (Å²) in [6.45, 7) is 5.79. The normalized spacial score (nSPS) is 16.8. The summed E-state index contributed by atoms with van der Waals surface area (Å²) in [5, 5.41) is 14.3. The molecule has 0 unspecified atom stereocenters. The van der Waals surface area contributed by atoms with Crippen molar-refractivity contribution >= 4 is 5.95 Å². The molecule has 2 aromatic rings. The fourth-order valence-corrected chi connectivity index (χ4v) is 2.09. The van der Waals surface area contributed by atoms with Gasteiger partial charge in [-0.15, -0.1) is 5.10 Å². The molecule has 1 aliphatic heterocycles. The van der Waals surface area contributed by atoms with Crippen LogP contribution in [0.4, 0.5) is 5.95 Å². The van der Waals surface area contributed by atoms with Gasteiger partial charge in [0.1, 0.15) is 5.76 Å². The van der Waals surface area contributed by atoms with Crippen LogP contribution in [0.3, 0.4) is 0 Å². The molecule has 0 atom stereocenters. The Morgan fingerprint density at radius 3 is 3.11 bits per heavy atom. The fourth-order valence-electron chi connectivity index (χ4n) is 2.09. The van der Waals surface area contributed by atoms with Crippen LogP contribution in [-0.2, 0) is 0 Å². The minimum Gasteiger partial charge on any atom is -0.361 e. The van der Waals surface area contributed by atoms with E-state index in [1.165, 1.54) is 0 Å². The molecule has 1 aliphatic rings. The number of nitrogens with one attached hydrogen (secondary N) is 2. The Bertz CT molecular complexity index is 511. The average Bonchev–Trinajstić information content (AvgIpc) is 2.91. The molecule has 7 heteroatoms. The maximum absolute atomic E-state index is 5.03. The van der Waals surface area contributed by atoms with E-state index in [9.17, 15) is 0 Å². The quantitative estimate of drug-likeness (QED) is 0.808. The van der Waals surface area contributed by atoms with Crippen molar-refractivity contribution in [3.8, 4) is 11.4 Å². The molecule has 0 saturated carbocycles. The summed E-state index contributed by atoms with van der Waals surface area (Å²) < 4.78 is 5.03. The first-order valence-electron chi connectivity index (χ1n) is 6.14. The molecule has 7 nitrogen and oxygen atoms in total. The molecule has 0 bridgehead atoms. The molecule has 96 valence electrons. The minimum absolute atomic E-state index is 0.709. The first-order chi connectivity index (χ1) is 8.84. The van der Waals surface area contributed by atoms with Crippen molar-refractivity contribution in [2.75, 3.05) is 31.1 Å². The monoisotopic (exact) mass is 248 g/mol.